The molecular formula is C14H20N2O5S. The minimum atomic E-state index is -3.62. The number of hydrogen-bond acceptors (Lipinski definition) is 6. The topological polar surface area (TPSA) is 85.8 Å². The number of piperidine rings is 1. The predicted molar refractivity (Wildman–Crippen MR) is 78.6 cm³/mol. The number of sulfonamides is 1. The van der Waals surface area contributed by atoms with Gasteiger partial charge < -0.3 is 9.47 Å². The SMILES string of the molecule is COCCOC(=O)[C@H]1CCCN(S(=O)(=O)c2cccnc2)C1. The smallest absolute Gasteiger partial charge is 0.310 e. The van der Waals surface area contributed by atoms with Gasteiger partial charge in [-0.2, -0.15) is 4.31 Å². The molecule has 1 fully saturated rings. The van der Waals surface area contributed by atoms with Gasteiger partial charge in [0.1, 0.15) is 11.5 Å². The molecular weight excluding hydrogens is 308 g/mol. The van der Waals surface area contributed by atoms with Crippen LogP contribution in [0.5, 0.6) is 0 Å². The maximum Gasteiger partial charge on any atom is 0.310 e. The van der Waals surface area contributed by atoms with Crippen LogP contribution in [0.4, 0.5) is 0 Å². The van der Waals surface area contributed by atoms with Crippen molar-refractivity contribution in [2.75, 3.05) is 33.4 Å². The summed E-state index contributed by atoms with van der Waals surface area (Å²) in [4.78, 5) is 16.0. The molecule has 22 heavy (non-hydrogen) atoms. The largest absolute Gasteiger partial charge is 0.463 e. The van der Waals surface area contributed by atoms with Crippen LogP contribution in [0, 0.1) is 5.92 Å². The molecule has 0 amide bonds. The first-order valence-corrected chi connectivity index (χ1v) is 8.55. The first-order chi connectivity index (χ1) is 10.6. The Balaban J connectivity index is 2.03. The second-order valence-electron chi connectivity index (χ2n) is 5.05. The van der Waals surface area contributed by atoms with Gasteiger partial charge in [0.05, 0.1) is 12.5 Å². The van der Waals surface area contributed by atoms with Crippen molar-refractivity contribution < 1.29 is 22.7 Å². The van der Waals surface area contributed by atoms with Gasteiger partial charge in [-0.15, -0.1) is 0 Å². The Morgan fingerprint density at radius 3 is 2.95 bits per heavy atom. The second-order valence-corrected chi connectivity index (χ2v) is 6.99. The number of esters is 1. The average Bonchev–Trinajstić information content (AvgIpc) is 2.56. The fourth-order valence-corrected chi connectivity index (χ4v) is 3.83. The lowest BCUT2D eigenvalue weighted by atomic mass is 10.0. The van der Waals surface area contributed by atoms with Gasteiger partial charge in [0.2, 0.25) is 10.0 Å². The van der Waals surface area contributed by atoms with Gasteiger partial charge in [-0.1, -0.05) is 0 Å². The summed E-state index contributed by atoms with van der Waals surface area (Å²) in [6, 6.07) is 3.08. The van der Waals surface area contributed by atoms with E-state index in [-0.39, 0.29) is 24.0 Å². The second kappa shape index (κ2) is 7.66. The number of carbonyl (C=O) groups is 1. The number of ether oxygens (including phenoxy) is 2. The van der Waals surface area contributed by atoms with E-state index in [1.54, 1.807) is 6.07 Å². The standard InChI is InChI=1S/C14H20N2O5S/c1-20-8-9-21-14(17)12-4-3-7-16(11-12)22(18,19)13-5-2-6-15-10-13/h2,5-6,10,12H,3-4,7-9,11H2,1H3/t12-/m0/s1. The third-order valence-corrected chi connectivity index (χ3v) is 5.37. The molecule has 0 N–H and O–H groups in total. The zero-order valence-corrected chi connectivity index (χ0v) is 13.3. The maximum atomic E-state index is 12.5. The Labute approximate surface area is 130 Å². The van der Waals surface area contributed by atoms with Crippen molar-refractivity contribution in [3.63, 3.8) is 0 Å². The summed E-state index contributed by atoms with van der Waals surface area (Å²) in [5.74, 6) is -0.805. The minimum absolute atomic E-state index is 0.142. The molecule has 122 valence electrons. The number of pyridine rings is 1. The zero-order valence-electron chi connectivity index (χ0n) is 12.5. The highest BCUT2D eigenvalue weighted by atomic mass is 32.2. The average molecular weight is 328 g/mol. The van der Waals surface area contributed by atoms with Crippen LogP contribution in [0.15, 0.2) is 29.4 Å². The fourth-order valence-electron chi connectivity index (χ4n) is 2.35. The highest BCUT2D eigenvalue weighted by Crippen LogP contribution is 2.24. The normalized spacial score (nSPS) is 19.8. The maximum absolute atomic E-state index is 12.5. The van der Waals surface area contributed by atoms with E-state index in [2.05, 4.69) is 4.98 Å². The van der Waals surface area contributed by atoms with Gasteiger partial charge in [-0.3, -0.25) is 9.78 Å². The zero-order chi connectivity index (χ0) is 16.0. The van der Waals surface area contributed by atoms with E-state index >= 15 is 0 Å². The number of methoxy groups -OCH3 is 1. The van der Waals surface area contributed by atoms with Crippen molar-refractivity contribution in [3.8, 4) is 0 Å². The lowest BCUT2D eigenvalue weighted by molar-refractivity contribution is -0.151. The van der Waals surface area contributed by atoms with Crippen LogP contribution in [0.3, 0.4) is 0 Å². The number of rotatable bonds is 6. The van der Waals surface area contributed by atoms with Crippen molar-refractivity contribution in [2.24, 2.45) is 5.92 Å². The van der Waals surface area contributed by atoms with Crippen LogP contribution < -0.4 is 0 Å². The van der Waals surface area contributed by atoms with Crippen molar-refractivity contribution in [1.29, 1.82) is 0 Å². The highest BCUT2D eigenvalue weighted by Gasteiger charge is 2.34. The first kappa shape index (κ1) is 16.9. The van der Waals surface area contributed by atoms with E-state index < -0.39 is 15.9 Å². The third kappa shape index (κ3) is 4.02. The molecule has 1 atom stereocenters. The molecule has 8 heteroatoms. The molecule has 1 aliphatic heterocycles. The summed E-state index contributed by atoms with van der Waals surface area (Å²) in [6.45, 7) is 1.06. The molecule has 0 radical (unpaired) electrons. The van der Waals surface area contributed by atoms with Crippen LogP contribution in [0.1, 0.15) is 12.8 Å². The van der Waals surface area contributed by atoms with Gasteiger partial charge in [-0.05, 0) is 25.0 Å². The molecule has 0 bridgehead atoms. The van der Waals surface area contributed by atoms with Crippen molar-refractivity contribution in [2.45, 2.75) is 17.7 Å². The van der Waals surface area contributed by atoms with E-state index in [4.69, 9.17) is 9.47 Å². The minimum Gasteiger partial charge on any atom is -0.463 e. The molecule has 1 aromatic heterocycles. The van der Waals surface area contributed by atoms with Crippen molar-refractivity contribution >= 4 is 16.0 Å². The number of carbonyl (C=O) groups excluding carboxylic acids is 1. The highest BCUT2D eigenvalue weighted by molar-refractivity contribution is 7.89. The van der Waals surface area contributed by atoms with E-state index in [1.165, 1.54) is 29.9 Å². The van der Waals surface area contributed by atoms with Crippen LogP contribution in [0.25, 0.3) is 0 Å². The van der Waals surface area contributed by atoms with Gasteiger partial charge in [0, 0.05) is 32.6 Å². The Hall–Kier alpha value is -1.51. The predicted octanol–water partition coefficient (Wildman–Crippen LogP) is 0.672. The number of hydrogen-bond donors (Lipinski definition) is 0. The van der Waals surface area contributed by atoms with Crippen LogP contribution >= 0.6 is 0 Å². The molecule has 0 saturated carbocycles. The molecule has 1 aromatic rings. The Kier molecular flexibility index (Phi) is 5.87. The quantitative estimate of drug-likeness (QED) is 0.564. The number of nitrogens with zero attached hydrogens (tertiary/aromatic N) is 2. The summed E-state index contributed by atoms with van der Waals surface area (Å²) in [5.41, 5.74) is 0. The van der Waals surface area contributed by atoms with Crippen LogP contribution in [-0.2, 0) is 24.3 Å². The molecule has 1 saturated heterocycles. The number of aromatic nitrogens is 1. The lowest BCUT2D eigenvalue weighted by Gasteiger charge is -2.30. The molecule has 0 spiro atoms. The van der Waals surface area contributed by atoms with Crippen LogP contribution in [0.2, 0.25) is 0 Å². The molecule has 2 heterocycles. The summed E-state index contributed by atoms with van der Waals surface area (Å²) in [6.07, 6.45) is 4.09. The summed E-state index contributed by atoms with van der Waals surface area (Å²) in [7, 11) is -2.09. The van der Waals surface area contributed by atoms with E-state index in [9.17, 15) is 13.2 Å². The van der Waals surface area contributed by atoms with Gasteiger partial charge >= 0.3 is 5.97 Å². The molecule has 1 aliphatic rings. The van der Waals surface area contributed by atoms with E-state index in [1.807, 2.05) is 0 Å². The van der Waals surface area contributed by atoms with Gasteiger partial charge in [0.25, 0.3) is 0 Å². The van der Waals surface area contributed by atoms with Crippen molar-refractivity contribution in [1.82, 2.24) is 9.29 Å². The van der Waals surface area contributed by atoms with E-state index in [0.717, 1.165) is 0 Å². The Morgan fingerprint density at radius 1 is 1.45 bits per heavy atom. The summed E-state index contributed by atoms with van der Waals surface area (Å²) < 4.78 is 36.3. The Morgan fingerprint density at radius 2 is 2.27 bits per heavy atom. The summed E-state index contributed by atoms with van der Waals surface area (Å²) in [5, 5.41) is 0. The van der Waals surface area contributed by atoms with Crippen LogP contribution in [-0.4, -0.2) is 57.1 Å². The lowest BCUT2D eigenvalue weighted by Crippen LogP contribution is -2.42. The van der Waals surface area contributed by atoms with Crippen molar-refractivity contribution in [3.05, 3.63) is 24.5 Å². The summed E-state index contributed by atoms with van der Waals surface area (Å²) >= 11 is 0. The molecule has 2 rings (SSSR count). The Bertz CT molecular complexity index is 591. The first-order valence-electron chi connectivity index (χ1n) is 7.11. The van der Waals surface area contributed by atoms with Gasteiger partial charge in [0.15, 0.2) is 0 Å². The molecule has 0 unspecified atom stereocenters. The third-order valence-electron chi connectivity index (χ3n) is 3.52. The molecule has 0 aromatic carbocycles. The molecule has 0 aliphatic carbocycles. The fraction of sp³-hybridized carbons (Fsp3) is 0.571. The van der Waals surface area contributed by atoms with Gasteiger partial charge in [-0.25, -0.2) is 8.42 Å². The van der Waals surface area contributed by atoms with E-state index in [0.29, 0.717) is 26.0 Å². The monoisotopic (exact) mass is 328 g/mol. The molecule has 7 nitrogen and oxygen atoms in total.